The zero-order valence-corrected chi connectivity index (χ0v) is 14.6. The summed E-state index contributed by atoms with van der Waals surface area (Å²) < 4.78 is 6.56. The zero-order valence-electron chi connectivity index (χ0n) is 12.5. The van der Waals surface area contributed by atoms with Gasteiger partial charge in [-0.3, -0.25) is 9.69 Å². The first-order valence-electron chi connectivity index (χ1n) is 7.43. The number of ketones is 1. The lowest BCUT2D eigenvalue weighted by Crippen LogP contribution is -2.44. The van der Waals surface area contributed by atoms with E-state index in [1.54, 1.807) is 6.92 Å². The Balaban J connectivity index is 1.78. The van der Waals surface area contributed by atoms with E-state index in [-0.39, 0.29) is 11.8 Å². The molecule has 116 valence electrons. The highest BCUT2D eigenvalue weighted by atomic mass is 127. The van der Waals surface area contributed by atoms with Crippen LogP contribution in [0.2, 0.25) is 0 Å². The molecular weight excluding hydrogens is 379 g/mol. The van der Waals surface area contributed by atoms with Crippen molar-refractivity contribution in [3.05, 3.63) is 33.4 Å². The first kappa shape index (κ1) is 16.9. The summed E-state index contributed by atoms with van der Waals surface area (Å²) in [6.07, 6.45) is 0.759. The van der Waals surface area contributed by atoms with E-state index in [1.807, 2.05) is 0 Å². The maximum atomic E-state index is 11.8. The number of hydrogen-bond acceptors (Lipinski definition) is 4. The average molecular weight is 402 g/mol. The summed E-state index contributed by atoms with van der Waals surface area (Å²) in [5.41, 5.74) is 1.20. The van der Waals surface area contributed by atoms with Crippen molar-refractivity contribution in [3.63, 3.8) is 0 Å². The van der Waals surface area contributed by atoms with Gasteiger partial charge in [-0.2, -0.15) is 0 Å². The molecule has 1 heterocycles. The third-order valence-corrected chi connectivity index (χ3v) is 4.49. The lowest BCUT2D eigenvalue weighted by atomic mass is 10.0. The van der Waals surface area contributed by atoms with Crippen molar-refractivity contribution in [2.24, 2.45) is 0 Å². The quantitative estimate of drug-likeness (QED) is 0.706. The third-order valence-electron chi connectivity index (χ3n) is 3.77. The molecule has 1 aliphatic rings. The first-order valence-corrected chi connectivity index (χ1v) is 8.51. The minimum atomic E-state index is -0.0916. The Labute approximate surface area is 140 Å². The summed E-state index contributed by atoms with van der Waals surface area (Å²) in [6.45, 7) is 7.10. The van der Waals surface area contributed by atoms with Crippen LogP contribution in [0.25, 0.3) is 0 Å². The van der Waals surface area contributed by atoms with Gasteiger partial charge in [0.05, 0.1) is 19.3 Å². The molecule has 0 aromatic heterocycles. The largest absolute Gasteiger partial charge is 0.379 e. The van der Waals surface area contributed by atoms with Crippen molar-refractivity contribution in [3.8, 4) is 0 Å². The molecule has 0 aliphatic carbocycles. The minimum absolute atomic E-state index is 0.0916. The molecule has 1 saturated heterocycles. The number of halogens is 1. The number of benzene rings is 1. The second-order valence-corrected chi connectivity index (χ2v) is 6.65. The predicted octanol–water partition coefficient (Wildman–Crippen LogP) is 1.71. The Kier molecular flexibility index (Phi) is 7.09. The van der Waals surface area contributed by atoms with Crippen molar-refractivity contribution >= 4 is 28.4 Å². The SMILES string of the molecule is CC(=O)[C@@H](Cc1ccc(I)cc1)NCCN1CCOCC1. The van der Waals surface area contributed by atoms with Gasteiger partial charge in [-0.25, -0.2) is 0 Å². The van der Waals surface area contributed by atoms with E-state index in [2.05, 4.69) is 57.1 Å². The van der Waals surface area contributed by atoms with Gasteiger partial charge in [0.15, 0.2) is 0 Å². The fourth-order valence-corrected chi connectivity index (χ4v) is 2.80. The summed E-state index contributed by atoms with van der Waals surface area (Å²) in [6, 6.07) is 8.27. The monoisotopic (exact) mass is 402 g/mol. The fourth-order valence-electron chi connectivity index (χ4n) is 2.44. The third kappa shape index (κ3) is 6.02. The molecule has 0 unspecified atom stereocenters. The first-order chi connectivity index (χ1) is 10.1. The number of hydrogen-bond donors (Lipinski definition) is 1. The molecular formula is C16H23IN2O2. The standard InChI is InChI=1S/C16H23IN2O2/c1-13(20)16(12-14-2-4-15(17)5-3-14)18-6-7-19-8-10-21-11-9-19/h2-5,16,18H,6-12H2,1H3/t16-/m1/s1. The number of ether oxygens (including phenoxy) is 1. The molecule has 4 nitrogen and oxygen atoms in total. The molecule has 2 rings (SSSR count). The maximum Gasteiger partial charge on any atom is 0.147 e. The molecule has 0 amide bonds. The number of rotatable bonds is 7. The van der Waals surface area contributed by atoms with Crippen LogP contribution < -0.4 is 5.32 Å². The van der Waals surface area contributed by atoms with Crippen LogP contribution in [0.4, 0.5) is 0 Å². The highest BCUT2D eigenvalue weighted by Gasteiger charge is 2.15. The fraction of sp³-hybridized carbons (Fsp3) is 0.562. The smallest absolute Gasteiger partial charge is 0.147 e. The van der Waals surface area contributed by atoms with Crippen molar-refractivity contribution in [1.29, 1.82) is 0 Å². The van der Waals surface area contributed by atoms with E-state index >= 15 is 0 Å². The highest BCUT2D eigenvalue weighted by Crippen LogP contribution is 2.09. The molecule has 0 bridgehead atoms. The Morgan fingerprint density at radius 1 is 1.33 bits per heavy atom. The molecule has 1 fully saturated rings. The van der Waals surface area contributed by atoms with Crippen molar-refractivity contribution < 1.29 is 9.53 Å². The van der Waals surface area contributed by atoms with Gasteiger partial charge >= 0.3 is 0 Å². The van der Waals surface area contributed by atoms with E-state index in [1.165, 1.54) is 9.13 Å². The van der Waals surface area contributed by atoms with Gasteiger partial charge in [-0.05, 0) is 53.6 Å². The zero-order chi connectivity index (χ0) is 15.1. The summed E-state index contributed by atoms with van der Waals surface area (Å²) >= 11 is 2.29. The summed E-state index contributed by atoms with van der Waals surface area (Å²) in [5.74, 6) is 0.204. The van der Waals surface area contributed by atoms with E-state index in [0.717, 1.165) is 45.8 Å². The van der Waals surface area contributed by atoms with E-state index in [9.17, 15) is 4.79 Å². The molecule has 21 heavy (non-hydrogen) atoms. The Bertz CT molecular complexity index is 444. The number of carbonyl (C=O) groups is 1. The van der Waals surface area contributed by atoms with Crippen molar-refractivity contribution in [1.82, 2.24) is 10.2 Å². The normalized spacial score (nSPS) is 17.6. The summed E-state index contributed by atoms with van der Waals surface area (Å²) in [7, 11) is 0. The Hall–Kier alpha value is -0.500. The number of morpholine rings is 1. The van der Waals surface area contributed by atoms with Crippen LogP contribution in [0.1, 0.15) is 12.5 Å². The molecule has 1 atom stereocenters. The molecule has 5 heteroatoms. The van der Waals surface area contributed by atoms with Gasteiger partial charge < -0.3 is 10.1 Å². The van der Waals surface area contributed by atoms with Crippen LogP contribution in [-0.4, -0.2) is 56.1 Å². The van der Waals surface area contributed by atoms with Crippen LogP contribution in [0.15, 0.2) is 24.3 Å². The van der Waals surface area contributed by atoms with Gasteiger partial charge in [0.1, 0.15) is 5.78 Å². The van der Waals surface area contributed by atoms with Crippen LogP contribution in [0.5, 0.6) is 0 Å². The lowest BCUT2D eigenvalue weighted by Gasteiger charge is -2.27. The highest BCUT2D eigenvalue weighted by molar-refractivity contribution is 14.1. The number of nitrogens with zero attached hydrogens (tertiary/aromatic N) is 1. The van der Waals surface area contributed by atoms with Gasteiger partial charge in [0.2, 0.25) is 0 Å². The molecule has 0 saturated carbocycles. The minimum Gasteiger partial charge on any atom is -0.379 e. The molecule has 1 aromatic carbocycles. The van der Waals surface area contributed by atoms with Gasteiger partial charge in [-0.1, -0.05) is 12.1 Å². The molecule has 0 radical (unpaired) electrons. The molecule has 1 aromatic rings. The lowest BCUT2D eigenvalue weighted by molar-refractivity contribution is -0.119. The number of carbonyl (C=O) groups excluding carboxylic acids is 1. The van der Waals surface area contributed by atoms with Crippen LogP contribution in [0, 0.1) is 3.57 Å². The topological polar surface area (TPSA) is 41.6 Å². The number of Topliss-reactive ketones (excluding diaryl/α,β-unsaturated/α-hetero) is 1. The predicted molar refractivity (Wildman–Crippen MR) is 92.6 cm³/mol. The Morgan fingerprint density at radius 3 is 2.62 bits per heavy atom. The van der Waals surface area contributed by atoms with E-state index in [0.29, 0.717) is 0 Å². The molecule has 0 spiro atoms. The molecule has 1 aliphatic heterocycles. The molecule has 1 N–H and O–H groups in total. The van der Waals surface area contributed by atoms with Crippen molar-refractivity contribution in [2.45, 2.75) is 19.4 Å². The average Bonchev–Trinajstić information content (AvgIpc) is 2.49. The Morgan fingerprint density at radius 2 is 2.00 bits per heavy atom. The number of nitrogens with one attached hydrogen (secondary N) is 1. The van der Waals surface area contributed by atoms with E-state index < -0.39 is 0 Å². The second-order valence-electron chi connectivity index (χ2n) is 5.40. The summed E-state index contributed by atoms with van der Waals surface area (Å²) in [5, 5.41) is 3.40. The van der Waals surface area contributed by atoms with Crippen LogP contribution in [0.3, 0.4) is 0 Å². The van der Waals surface area contributed by atoms with Crippen molar-refractivity contribution in [2.75, 3.05) is 39.4 Å². The van der Waals surface area contributed by atoms with Gasteiger partial charge in [-0.15, -0.1) is 0 Å². The second kappa shape index (κ2) is 8.82. The van der Waals surface area contributed by atoms with Gasteiger partial charge in [0, 0.05) is 29.7 Å². The maximum absolute atomic E-state index is 11.8. The van der Waals surface area contributed by atoms with Gasteiger partial charge in [0.25, 0.3) is 0 Å². The summed E-state index contributed by atoms with van der Waals surface area (Å²) in [4.78, 5) is 14.2. The van der Waals surface area contributed by atoms with Crippen LogP contribution in [-0.2, 0) is 16.0 Å². The van der Waals surface area contributed by atoms with E-state index in [4.69, 9.17) is 4.74 Å². The van der Waals surface area contributed by atoms with Crippen LogP contribution >= 0.6 is 22.6 Å².